The van der Waals surface area contributed by atoms with E-state index in [0.717, 1.165) is 39.8 Å². The first-order valence-electron chi connectivity index (χ1n) is 10.5. The lowest BCUT2D eigenvalue weighted by molar-refractivity contribution is -0.118. The molecule has 3 aromatic rings. The highest BCUT2D eigenvalue weighted by molar-refractivity contribution is 7.59. The van der Waals surface area contributed by atoms with Crippen LogP contribution in [-0.4, -0.2) is 38.7 Å². The first-order valence-corrected chi connectivity index (χ1v) is 10.5. The summed E-state index contributed by atoms with van der Waals surface area (Å²) in [5.74, 6) is 0.998. The Bertz CT molecular complexity index is 1110. The number of anilines is 3. The van der Waals surface area contributed by atoms with Crippen molar-refractivity contribution in [1.29, 1.82) is 0 Å². The number of nitrogens with zero attached hydrogens (tertiary/aromatic N) is 5. The van der Waals surface area contributed by atoms with Crippen LogP contribution < -0.4 is 15.5 Å². The number of hydrogen-bond acceptors (Lipinski definition) is 6. The number of carbonyl (C=O) groups is 1. The second-order valence-corrected chi connectivity index (χ2v) is 8.45. The second kappa shape index (κ2) is 9.60. The number of pyridine rings is 2. The summed E-state index contributed by atoms with van der Waals surface area (Å²) >= 11 is 0. The summed E-state index contributed by atoms with van der Waals surface area (Å²) in [4.78, 5) is 23.7. The van der Waals surface area contributed by atoms with Crippen LogP contribution in [0.2, 0.25) is 0 Å². The third kappa shape index (κ3) is 4.88. The number of likely N-dealkylation sites (N-methyl/N-ethyl adjacent to an activating group) is 1. The Morgan fingerprint density at radius 2 is 2.00 bits per heavy atom. The highest BCUT2D eigenvalue weighted by Gasteiger charge is 2.34. The van der Waals surface area contributed by atoms with E-state index in [2.05, 4.69) is 39.5 Å². The maximum Gasteiger partial charge on any atom is 0.247 e. The molecule has 0 aliphatic carbocycles. The van der Waals surface area contributed by atoms with Crippen LogP contribution in [0.1, 0.15) is 36.5 Å². The predicted octanol–water partition coefficient (Wildman–Crippen LogP) is 3.48. The lowest BCUT2D eigenvalue weighted by Crippen LogP contribution is -2.49. The van der Waals surface area contributed by atoms with E-state index in [-0.39, 0.29) is 31.4 Å². The van der Waals surface area contributed by atoms with E-state index in [9.17, 15) is 4.79 Å². The molecule has 4 heterocycles. The van der Waals surface area contributed by atoms with Crippen molar-refractivity contribution in [2.75, 3.05) is 22.6 Å². The highest BCUT2D eigenvalue weighted by Crippen LogP contribution is 2.36. The van der Waals surface area contributed by atoms with E-state index in [1.54, 1.807) is 0 Å². The zero-order valence-corrected chi connectivity index (χ0v) is 20.2. The quantitative estimate of drug-likeness (QED) is 0.594. The summed E-state index contributed by atoms with van der Waals surface area (Å²) in [6.45, 7) is 9.27. The molecule has 1 aliphatic heterocycles. The summed E-state index contributed by atoms with van der Waals surface area (Å²) in [6.07, 6.45) is 3.87. The van der Waals surface area contributed by atoms with Gasteiger partial charge in [-0.1, -0.05) is 19.9 Å². The number of fused-ring (bicyclic) bond motifs is 1. The van der Waals surface area contributed by atoms with Crippen molar-refractivity contribution >= 4 is 36.6 Å². The molecule has 1 aliphatic rings. The van der Waals surface area contributed by atoms with Crippen molar-refractivity contribution in [3.63, 3.8) is 0 Å². The lowest BCUT2D eigenvalue weighted by atomic mass is 9.98. The van der Waals surface area contributed by atoms with Crippen molar-refractivity contribution in [1.82, 2.24) is 19.7 Å². The first kappa shape index (κ1) is 23.6. The van der Waals surface area contributed by atoms with Gasteiger partial charge in [-0.05, 0) is 31.9 Å². The number of aryl methyl sites for hydroxylation is 2. The summed E-state index contributed by atoms with van der Waals surface area (Å²) in [6, 6.07) is 7.80. The van der Waals surface area contributed by atoms with Gasteiger partial charge in [0.1, 0.15) is 11.9 Å². The summed E-state index contributed by atoms with van der Waals surface area (Å²) < 4.78 is 1.89. The molecule has 0 saturated carbocycles. The standard InChI is InChI=1S/C23H29N7O.H2S/c1-14(2)22-23(31)28-21-16(4)27-20(9-19(21)29(22)5)24-10-17-11-25-30(12-17)13-18-8-6-7-15(3)26-18;/h6-9,11-12,14,22H,10,13H2,1-5H3,(H,24,27)(H,28,31);1H2/t22-;/m0./s1. The fourth-order valence-corrected chi connectivity index (χ4v) is 4.08. The Morgan fingerprint density at radius 3 is 2.72 bits per heavy atom. The number of carbonyl (C=O) groups excluding carboxylic acids is 1. The molecule has 0 spiro atoms. The molecular weight excluding hydrogens is 422 g/mol. The van der Waals surface area contributed by atoms with Gasteiger partial charge in [0.2, 0.25) is 5.91 Å². The molecule has 0 aromatic carbocycles. The molecule has 2 N–H and O–H groups in total. The van der Waals surface area contributed by atoms with Gasteiger partial charge in [-0.2, -0.15) is 18.6 Å². The Morgan fingerprint density at radius 1 is 1.22 bits per heavy atom. The van der Waals surface area contributed by atoms with Crippen LogP contribution in [0.3, 0.4) is 0 Å². The molecule has 170 valence electrons. The van der Waals surface area contributed by atoms with Crippen LogP contribution >= 0.6 is 13.5 Å². The molecule has 0 saturated heterocycles. The average molecular weight is 454 g/mol. The van der Waals surface area contributed by atoms with Crippen LogP contribution in [0.4, 0.5) is 17.2 Å². The van der Waals surface area contributed by atoms with Crippen LogP contribution in [0.15, 0.2) is 36.7 Å². The maximum absolute atomic E-state index is 12.5. The van der Waals surface area contributed by atoms with Gasteiger partial charge in [-0.3, -0.25) is 14.5 Å². The fourth-order valence-electron chi connectivity index (χ4n) is 4.08. The van der Waals surface area contributed by atoms with Gasteiger partial charge in [-0.15, -0.1) is 0 Å². The van der Waals surface area contributed by atoms with Crippen molar-refractivity contribution in [2.24, 2.45) is 5.92 Å². The summed E-state index contributed by atoms with van der Waals surface area (Å²) in [5.41, 5.74) is 5.61. The molecule has 4 rings (SSSR count). The third-order valence-electron chi connectivity index (χ3n) is 5.56. The van der Waals surface area contributed by atoms with Crippen molar-refractivity contribution in [3.05, 3.63) is 59.3 Å². The van der Waals surface area contributed by atoms with Gasteiger partial charge >= 0.3 is 0 Å². The van der Waals surface area contributed by atoms with Crippen LogP contribution in [0, 0.1) is 19.8 Å². The number of rotatable bonds is 6. The molecular formula is C23H31N7OS. The minimum absolute atomic E-state index is 0. The normalized spacial score (nSPS) is 15.2. The number of hydrogen-bond donors (Lipinski definition) is 2. The molecule has 3 aromatic heterocycles. The zero-order valence-electron chi connectivity index (χ0n) is 19.2. The van der Waals surface area contributed by atoms with Gasteiger partial charge in [0.25, 0.3) is 0 Å². The Balaban J connectivity index is 0.00000289. The molecule has 1 atom stereocenters. The number of amides is 1. The topological polar surface area (TPSA) is 88.0 Å². The van der Waals surface area contributed by atoms with E-state index >= 15 is 0 Å². The minimum atomic E-state index is -0.199. The zero-order chi connectivity index (χ0) is 22.1. The first-order chi connectivity index (χ1) is 14.8. The number of aromatic nitrogens is 4. The SMILES string of the molecule is Cc1cccc(Cn2cc(CNc3cc4c(c(C)n3)NC(=O)[C@H](C(C)C)N4C)cn2)n1.S. The van der Waals surface area contributed by atoms with E-state index in [1.165, 1.54) is 0 Å². The van der Waals surface area contributed by atoms with Gasteiger partial charge in [0, 0.05) is 37.1 Å². The highest BCUT2D eigenvalue weighted by atomic mass is 32.1. The molecule has 0 radical (unpaired) electrons. The van der Waals surface area contributed by atoms with E-state index in [4.69, 9.17) is 0 Å². The minimum Gasteiger partial charge on any atom is -0.366 e. The summed E-state index contributed by atoms with van der Waals surface area (Å²) in [7, 11) is 1.97. The van der Waals surface area contributed by atoms with Gasteiger partial charge in [0.15, 0.2) is 0 Å². The fraction of sp³-hybridized carbons (Fsp3) is 0.391. The van der Waals surface area contributed by atoms with Crippen molar-refractivity contribution < 1.29 is 4.79 Å². The summed E-state index contributed by atoms with van der Waals surface area (Å²) in [5, 5.41) is 10.9. The molecule has 0 fully saturated rings. The monoisotopic (exact) mass is 453 g/mol. The average Bonchev–Trinajstić information content (AvgIpc) is 3.14. The van der Waals surface area contributed by atoms with E-state index < -0.39 is 0 Å². The lowest BCUT2D eigenvalue weighted by Gasteiger charge is -2.38. The Hall–Kier alpha value is -3.07. The smallest absolute Gasteiger partial charge is 0.247 e. The molecule has 9 heteroatoms. The largest absolute Gasteiger partial charge is 0.366 e. The molecule has 0 bridgehead atoms. The van der Waals surface area contributed by atoms with Gasteiger partial charge < -0.3 is 15.5 Å². The molecule has 0 unspecified atom stereocenters. The Labute approximate surface area is 195 Å². The molecule has 8 nitrogen and oxygen atoms in total. The van der Waals surface area contributed by atoms with Crippen LogP contribution in [0.25, 0.3) is 0 Å². The predicted molar refractivity (Wildman–Crippen MR) is 133 cm³/mol. The maximum atomic E-state index is 12.5. The number of nitrogens with one attached hydrogen (secondary N) is 2. The van der Waals surface area contributed by atoms with Crippen molar-refractivity contribution in [3.8, 4) is 0 Å². The molecule has 1 amide bonds. The Kier molecular flexibility index (Phi) is 7.08. The van der Waals surface area contributed by atoms with E-state index in [0.29, 0.717) is 13.1 Å². The third-order valence-corrected chi connectivity index (χ3v) is 5.56. The van der Waals surface area contributed by atoms with E-state index in [1.807, 2.05) is 67.1 Å². The van der Waals surface area contributed by atoms with Gasteiger partial charge in [0.05, 0.1) is 35.5 Å². The second-order valence-electron chi connectivity index (χ2n) is 8.45. The van der Waals surface area contributed by atoms with Gasteiger partial charge in [-0.25, -0.2) is 4.98 Å². The van der Waals surface area contributed by atoms with Crippen LogP contribution in [0.5, 0.6) is 0 Å². The molecule has 32 heavy (non-hydrogen) atoms. The van der Waals surface area contributed by atoms with Crippen molar-refractivity contribution in [2.45, 2.75) is 46.8 Å². The van der Waals surface area contributed by atoms with Crippen LogP contribution in [-0.2, 0) is 17.9 Å².